The SMILES string of the molecule is OC1N=NNN1C1C=CC=CC1Cl. The Kier molecular flexibility index (Phi) is 2.30. The molecule has 0 aromatic heterocycles. The number of alkyl halides is 1. The minimum Gasteiger partial charge on any atom is -0.357 e. The summed E-state index contributed by atoms with van der Waals surface area (Å²) < 4.78 is 0. The molecule has 0 saturated heterocycles. The highest BCUT2D eigenvalue weighted by atomic mass is 35.5. The van der Waals surface area contributed by atoms with E-state index in [-0.39, 0.29) is 11.4 Å². The number of hydrazine groups is 1. The van der Waals surface area contributed by atoms with Crippen LogP contribution in [0.15, 0.2) is 34.6 Å². The van der Waals surface area contributed by atoms with Crippen LogP contribution < -0.4 is 5.53 Å². The first-order valence-corrected chi connectivity index (χ1v) is 4.33. The van der Waals surface area contributed by atoms with Crippen LogP contribution >= 0.6 is 11.6 Å². The fraction of sp³-hybridized carbons (Fsp3) is 0.429. The number of nitrogens with one attached hydrogen (secondary N) is 1. The number of halogens is 1. The van der Waals surface area contributed by atoms with Crippen molar-refractivity contribution in [2.24, 2.45) is 10.3 Å². The van der Waals surface area contributed by atoms with E-state index in [1.54, 1.807) is 0 Å². The van der Waals surface area contributed by atoms with Crippen LogP contribution in [0.5, 0.6) is 0 Å². The summed E-state index contributed by atoms with van der Waals surface area (Å²) in [5.74, 6) is 0. The zero-order valence-electron chi connectivity index (χ0n) is 6.71. The Hall–Kier alpha value is -0.910. The number of hydrogen-bond acceptors (Lipinski definition) is 5. The van der Waals surface area contributed by atoms with Crippen LogP contribution in [0.3, 0.4) is 0 Å². The quantitative estimate of drug-likeness (QED) is 0.608. The van der Waals surface area contributed by atoms with E-state index in [1.165, 1.54) is 5.01 Å². The molecule has 0 amide bonds. The summed E-state index contributed by atoms with van der Waals surface area (Å²) in [5.41, 5.74) is 2.58. The standard InChI is InChI=1S/C7H9ClN4O/c8-5-3-1-2-4-6(5)12-7(13)9-10-11-12/h1-7,13H,(H,9,11). The second kappa shape index (κ2) is 3.45. The second-order valence-electron chi connectivity index (χ2n) is 2.77. The highest BCUT2D eigenvalue weighted by Gasteiger charge is 2.31. The van der Waals surface area contributed by atoms with Crippen molar-refractivity contribution in [2.45, 2.75) is 17.8 Å². The van der Waals surface area contributed by atoms with Crippen LogP contribution in [-0.4, -0.2) is 27.9 Å². The first-order chi connectivity index (χ1) is 6.29. The number of aliphatic hydroxyl groups excluding tert-OH is 1. The van der Waals surface area contributed by atoms with Crippen molar-refractivity contribution in [3.05, 3.63) is 24.3 Å². The van der Waals surface area contributed by atoms with E-state index in [0.29, 0.717) is 0 Å². The van der Waals surface area contributed by atoms with E-state index in [1.807, 2.05) is 24.3 Å². The van der Waals surface area contributed by atoms with Gasteiger partial charge in [-0.2, -0.15) is 0 Å². The van der Waals surface area contributed by atoms with Crippen molar-refractivity contribution in [1.82, 2.24) is 10.5 Å². The van der Waals surface area contributed by atoms with Crippen molar-refractivity contribution < 1.29 is 5.11 Å². The summed E-state index contributed by atoms with van der Waals surface area (Å²) in [6.45, 7) is 0. The normalized spacial score (nSPS) is 38.2. The van der Waals surface area contributed by atoms with Crippen molar-refractivity contribution in [1.29, 1.82) is 0 Å². The molecule has 0 aromatic rings. The van der Waals surface area contributed by atoms with E-state index in [2.05, 4.69) is 15.9 Å². The molecule has 0 bridgehead atoms. The van der Waals surface area contributed by atoms with Gasteiger partial charge in [-0.05, 0) is 0 Å². The molecular formula is C7H9ClN4O. The number of aliphatic hydroxyl groups is 1. The molecule has 70 valence electrons. The number of hydrogen-bond donors (Lipinski definition) is 2. The molecule has 2 rings (SSSR count). The minimum atomic E-state index is -0.956. The van der Waals surface area contributed by atoms with Gasteiger partial charge < -0.3 is 5.11 Å². The first kappa shape index (κ1) is 8.68. The Morgan fingerprint density at radius 1 is 1.38 bits per heavy atom. The van der Waals surface area contributed by atoms with Gasteiger partial charge in [-0.3, -0.25) is 0 Å². The van der Waals surface area contributed by atoms with E-state index in [0.717, 1.165) is 0 Å². The van der Waals surface area contributed by atoms with Gasteiger partial charge in [0, 0.05) is 0 Å². The third kappa shape index (κ3) is 1.58. The monoisotopic (exact) mass is 200 g/mol. The zero-order valence-corrected chi connectivity index (χ0v) is 7.46. The van der Waals surface area contributed by atoms with Crippen LogP contribution in [0.2, 0.25) is 0 Å². The maximum atomic E-state index is 9.35. The fourth-order valence-corrected chi connectivity index (χ4v) is 1.56. The molecule has 5 nitrogen and oxygen atoms in total. The molecule has 13 heavy (non-hydrogen) atoms. The topological polar surface area (TPSA) is 60.2 Å². The van der Waals surface area contributed by atoms with Crippen LogP contribution in [0.4, 0.5) is 0 Å². The van der Waals surface area contributed by atoms with Gasteiger partial charge in [-0.15, -0.1) is 21.7 Å². The van der Waals surface area contributed by atoms with Crippen molar-refractivity contribution in [2.75, 3.05) is 0 Å². The molecule has 0 saturated carbocycles. The average molecular weight is 201 g/mol. The predicted molar refractivity (Wildman–Crippen MR) is 47.5 cm³/mol. The van der Waals surface area contributed by atoms with Crippen molar-refractivity contribution in [3.8, 4) is 0 Å². The molecule has 0 radical (unpaired) electrons. The lowest BCUT2D eigenvalue weighted by atomic mass is 10.1. The Morgan fingerprint density at radius 2 is 2.15 bits per heavy atom. The molecule has 3 atom stereocenters. The van der Waals surface area contributed by atoms with Gasteiger partial charge in [-0.1, -0.05) is 29.5 Å². The summed E-state index contributed by atoms with van der Waals surface area (Å²) in [7, 11) is 0. The summed E-state index contributed by atoms with van der Waals surface area (Å²) in [4.78, 5) is 0. The second-order valence-corrected chi connectivity index (χ2v) is 3.28. The van der Waals surface area contributed by atoms with Gasteiger partial charge in [0.15, 0.2) is 0 Å². The third-order valence-electron chi connectivity index (χ3n) is 1.93. The van der Waals surface area contributed by atoms with Gasteiger partial charge in [0.05, 0.1) is 11.4 Å². The average Bonchev–Trinajstić information content (AvgIpc) is 2.52. The highest BCUT2D eigenvalue weighted by Crippen LogP contribution is 2.19. The smallest absolute Gasteiger partial charge is 0.244 e. The lowest BCUT2D eigenvalue weighted by Crippen LogP contribution is -2.48. The Morgan fingerprint density at radius 3 is 2.77 bits per heavy atom. The lowest BCUT2D eigenvalue weighted by Gasteiger charge is -2.28. The summed E-state index contributed by atoms with van der Waals surface area (Å²) in [6, 6.07) is -0.128. The van der Waals surface area contributed by atoms with Crippen LogP contribution in [0.1, 0.15) is 0 Å². The molecule has 1 aliphatic carbocycles. The summed E-state index contributed by atoms with van der Waals surface area (Å²) >= 11 is 6.01. The largest absolute Gasteiger partial charge is 0.357 e. The molecule has 6 heteroatoms. The Balaban J connectivity index is 2.08. The van der Waals surface area contributed by atoms with Crippen LogP contribution in [0, 0.1) is 0 Å². The van der Waals surface area contributed by atoms with Crippen molar-refractivity contribution in [3.63, 3.8) is 0 Å². The van der Waals surface area contributed by atoms with E-state index >= 15 is 0 Å². The zero-order chi connectivity index (χ0) is 9.26. The predicted octanol–water partition coefficient (Wildman–Crippen LogP) is 0.552. The highest BCUT2D eigenvalue weighted by molar-refractivity contribution is 6.22. The Bertz CT molecular complexity index is 278. The van der Waals surface area contributed by atoms with Gasteiger partial charge in [0.25, 0.3) is 0 Å². The third-order valence-corrected chi connectivity index (χ3v) is 2.34. The maximum Gasteiger partial charge on any atom is 0.244 e. The van der Waals surface area contributed by atoms with E-state index in [4.69, 9.17) is 11.6 Å². The Labute approximate surface area is 80.3 Å². The lowest BCUT2D eigenvalue weighted by molar-refractivity contribution is -0.0137. The molecule has 2 aliphatic rings. The number of nitrogens with zero attached hydrogens (tertiary/aromatic N) is 3. The molecule has 0 fully saturated rings. The summed E-state index contributed by atoms with van der Waals surface area (Å²) in [5, 5.41) is 17.6. The first-order valence-electron chi connectivity index (χ1n) is 3.90. The van der Waals surface area contributed by atoms with Gasteiger partial charge in [-0.25, -0.2) is 5.53 Å². The molecule has 1 aliphatic heterocycles. The van der Waals surface area contributed by atoms with Crippen LogP contribution in [-0.2, 0) is 0 Å². The molecule has 0 aromatic carbocycles. The molecule has 2 N–H and O–H groups in total. The van der Waals surface area contributed by atoms with Gasteiger partial charge in [0.2, 0.25) is 6.35 Å². The molecule has 1 heterocycles. The van der Waals surface area contributed by atoms with Gasteiger partial charge in [0.1, 0.15) is 0 Å². The molecule has 0 spiro atoms. The molecule has 3 unspecified atom stereocenters. The number of rotatable bonds is 1. The van der Waals surface area contributed by atoms with Crippen molar-refractivity contribution >= 4 is 11.6 Å². The van der Waals surface area contributed by atoms with E-state index in [9.17, 15) is 5.11 Å². The van der Waals surface area contributed by atoms with Crippen LogP contribution in [0.25, 0.3) is 0 Å². The number of allylic oxidation sites excluding steroid dienone is 2. The van der Waals surface area contributed by atoms with E-state index < -0.39 is 6.35 Å². The minimum absolute atomic E-state index is 0.128. The van der Waals surface area contributed by atoms with Gasteiger partial charge >= 0.3 is 0 Å². The maximum absolute atomic E-state index is 9.35. The summed E-state index contributed by atoms with van der Waals surface area (Å²) in [6.07, 6.45) is 6.51. The molecular weight excluding hydrogens is 192 g/mol. The fourth-order valence-electron chi connectivity index (χ4n) is 1.27.